The molecule has 3 saturated heterocycles. The van der Waals surface area contributed by atoms with Gasteiger partial charge < -0.3 is 34.8 Å². The molecule has 1 aliphatic carbocycles. The number of amides is 6. The Bertz CT molecular complexity index is 3300. The molecule has 4 atom stereocenters. The number of nitrogens with zero attached hydrogens (tertiary/aromatic N) is 10. The number of piperazine rings is 1. The van der Waals surface area contributed by atoms with Crippen LogP contribution in [0.1, 0.15) is 101 Å². The Kier molecular flexibility index (Phi) is 13.2. The van der Waals surface area contributed by atoms with Crippen LogP contribution in [0, 0.1) is 5.41 Å². The van der Waals surface area contributed by atoms with Crippen molar-refractivity contribution in [3.8, 4) is 17.1 Å². The van der Waals surface area contributed by atoms with Gasteiger partial charge in [0.1, 0.15) is 17.6 Å². The molecule has 3 aromatic heterocycles. The van der Waals surface area contributed by atoms with Gasteiger partial charge in [-0.05, 0) is 105 Å². The van der Waals surface area contributed by atoms with Crippen LogP contribution in [0.15, 0.2) is 73.6 Å². The van der Waals surface area contributed by atoms with E-state index in [4.69, 9.17) is 9.72 Å². The molecule has 3 N–H and O–H groups in total. The highest BCUT2D eigenvalue weighted by Gasteiger charge is 2.48. The fourth-order valence-electron chi connectivity index (χ4n) is 12.7. The van der Waals surface area contributed by atoms with Crippen LogP contribution in [0.4, 0.5) is 34.4 Å². The molecular formula is C57H64N12O8. The van der Waals surface area contributed by atoms with Crippen molar-refractivity contribution >= 4 is 69.8 Å². The number of aromatic nitrogens is 4. The highest BCUT2D eigenvalue weighted by atomic mass is 16.5. The van der Waals surface area contributed by atoms with Gasteiger partial charge in [-0.25, -0.2) is 15.0 Å². The van der Waals surface area contributed by atoms with Gasteiger partial charge in [-0.15, -0.1) is 0 Å². The average molecular weight is 1050 g/mol. The molecule has 6 aliphatic rings. The molecular weight excluding hydrogens is 981 g/mol. The van der Waals surface area contributed by atoms with Crippen LogP contribution in [0.3, 0.4) is 0 Å². The summed E-state index contributed by atoms with van der Waals surface area (Å²) < 4.78 is 7.82. The standard InChI is InChI=1S/C57H64N12O8/c1-8-47(71)61-40-26-35(60-50-52(77-7)59-29-41(62-50)37-16-18-58-51(39(37)31-70)68-23-22-67-45(55(68)75)25-34-27-57(4,5)28-46(34)67)12-13-42(40)66-21-20-64(30-33(66)3)36-17-19-65(32(2)24-36)43-11-9-10-38-49(43)56(76)69(53(38)73)44-14-15-48(72)63(6)54(44)74/h8-13,16,18,25-26,29,32-33,36,44,70H,1,14-15,17,19-24,27-28,30-31H2,2-7H3,(H,60,62)(H,61,71)/t32-,33+,36?,44?/m1/s1. The van der Waals surface area contributed by atoms with Crippen LogP contribution in [0.5, 0.6) is 5.88 Å². The topological polar surface area (TPSA) is 219 Å². The zero-order chi connectivity index (χ0) is 54.2. The second kappa shape index (κ2) is 19.9. The second-order valence-electron chi connectivity index (χ2n) is 21.9. The number of rotatable bonds is 12. The van der Waals surface area contributed by atoms with Crippen LogP contribution in [0.25, 0.3) is 11.3 Å². The maximum Gasteiger partial charge on any atom is 0.276 e. The summed E-state index contributed by atoms with van der Waals surface area (Å²) in [5.41, 5.74) is 7.90. The third kappa shape index (κ3) is 8.95. The van der Waals surface area contributed by atoms with Gasteiger partial charge in [-0.2, -0.15) is 0 Å². The van der Waals surface area contributed by atoms with E-state index in [1.807, 2.05) is 30.3 Å². The van der Waals surface area contributed by atoms with Gasteiger partial charge in [-0.1, -0.05) is 26.5 Å². The minimum Gasteiger partial charge on any atom is -0.478 e. The van der Waals surface area contributed by atoms with Crippen molar-refractivity contribution in [3.63, 3.8) is 0 Å². The van der Waals surface area contributed by atoms with E-state index in [1.165, 1.54) is 31.5 Å². The normalized spacial score (nSPS) is 22.3. The molecule has 2 unspecified atom stereocenters. The zero-order valence-corrected chi connectivity index (χ0v) is 44.3. The molecule has 3 fully saturated rings. The van der Waals surface area contributed by atoms with Crippen molar-refractivity contribution in [3.05, 3.63) is 107 Å². The molecule has 0 spiro atoms. The number of aliphatic hydroxyl groups excluding tert-OH is 1. The van der Waals surface area contributed by atoms with E-state index in [0.29, 0.717) is 77.1 Å². The Hall–Kier alpha value is -7.97. The first-order valence-corrected chi connectivity index (χ1v) is 26.5. The maximum atomic E-state index is 14.1. The van der Waals surface area contributed by atoms with Gasteiger partial charge in [0.15, 0.2) is 5.82 Å². The number of hydrogen-bond donors (Lipinski definition) is 3. The molecule has 400 valence electrons. The fraction of sp³-hybridized carbons (Fsp3) is 0.421. The lowest BCUT2D eigenvalue weighted by atomic mass is 9.90. The fourth-order valence-corrected chi connectivity index (χ4v) is 12.7. The van der Waals surface area contributed by atoms with Crippen LogP contribution in [-0.4, -0.2) is 146 Å². The summed E-state index contributed by atoms with van der Waals surface area (Å²) in [6.45, 7) is 16.0. The molecule has 0 radical (unpaired) electrons. The van der Waals surface area contributed by atoms with Gasteiger partial charge in [0.25, 0.3) is 29.5 Å². The Labute approximate surface area is 446 Å². The number of benzene rings is 2. The van der Waals surface area contributed by atoms with Crippen LogP contribution in [-0.2, 0) is 40.4 Å². The predicted molar refractivity (Wildman–Crippen MR) is 290 cm³/mol. The monoisotopic (exact) mass is 1040 g/mol. The Morgan fingerprint density at radius 1 is 0.896 bits per heavy atom. The van der Waals surface area contributed by atoms with Crippen molar-refractivity contribution < 1.29 is 38.6 Å². The van der Waals surface area contributed by atoms with Crippen LogP contribution < -0.4 is 30.1 Å². The summed E-state index contributed by atoms with van der Waals surface area (Å²) >= 11 is 0. The smallest absolute Gasteiger partial charge is 0.276 e. The molecule has 11 rings (SSSR count). The lowest BCUT2D eigenvalue weighted by Crippen LogP contribution is -2.58. The minimum absolute atomic E-state index is 0.0301. The van der Waals surface area contributed by atoms with Crippen molar-refractivity contribution in [2.45, 2.75) is 104 Å². The van der Waals surface area contributed by atoms with E-state index in [2.05, 4.69) is 74.1 Å². The molecule has 5 aromatic rings. The highest BCUT2D eigenvalue weighted by Crippen LogP contribution is 2.42. The highest BCUT2D eigenvalue weighted by molar-refractivity contribution is 6.25. The summed E-state index contributed by atoms with van der Waals surface area (Å²) in [4.78, 5) is 105. The molecule has 20 heteroatoms. The molecule has 8 heterocycles. The molecule has 5 aliphatic heterocycles. The molecule has 77 heavy (non-hydrogen) atoms. The number of fused-ring (bicyclic) bond motifs is 4. The summed E-state index contributed by atoms with van der Waals surface area (Å²) in [5.74, 6) is -1.55. The van der Waals surface area contributed by atoms with Crippen molar-refractivity contribution in [1.29, 1.82) is 0 Å². The number of aliphatic hydroxyl groups is 1. The van der Waals surface area contributed by atoms with E-state index in [9.17, 15) is 33.9 Å². The molecule has 0 bridgehead atoms. The van der Waals surface area contributed by atoms with Gasteiger partial charge in [-0.3, -0.25) is 48.4 Å². The van der Waals surface area contributed by atoms with Gasteiger partial charge in [0.05, 0.1) is 53.8 Å². The lowest BCUT2D eigenvalue weighted by molar-refractivity contribution is -0.149. The lowest BCUT2D eigenvalue weighted by Gasteiger charge is -2.48. The SMILES string of the molecule is C=CC(=O)Nc1cc(Nc2nc(-c3ccnc(N4CCn5c(cc6c5CC(C)(C)C6)C4=O)c3CO)cnc2OC)ccc1N1CCN(C2CCN(c3cccc4c3C(=O)N(C3CCC(=O)N(C)C3=O)C4=O)[C@H](C)C2)C[C@@H]1C. The number of piperidine rings is 2. The number of ether oxygens (including phenoxy) is 1. The first kappa shape index (κ1) is 51.2. The van der Waals surface area contributed by atoms with Crippen molar-refractivity contribution in [1.82, 2.24) is 34.2 Å². The van der Waals surface area contributed by atoms with Gasteiger partial charge >= 0.3 is 0 Å². The average Bonchev–Trinajstić information content (AvgIpc) is 4.20. The first-order chi connectivity index (χ1) is 37.0. The molecule has 6 amide bonds. The van der Waals surface area contributed by atoms with Crippen LogP contribution in [0.2, 0.25) is 0 Å². The van der Waals surface area contributed by atoms with E-state index < -0.39 is 30.4 Å². The Morgan fingerprint density at radius 3 is 2.45 bits per heavy atom. The number of pyridine rings is 1. The van der Waals surface area contributed by atoms with E-state index >= 15 is 0 Å². The number of hydrogen-bond acceptors (Lipinski definition) is 15. The largest absolute Gasteiger partial charge is 0.478 e. The summed E-state index contributed by atoms with van der Waals surface area (Å²) in [6.07, 6.45) is 8.07. The van der Waals surface area contributed by atoms with Gasteiger partial charge in [0.2, 0.25) is 11.8 Å². The quantitative estimate of drug-likeness (QED) is 0.0993. The predicted octanol–water partition coefficient (Wildman–Crippen LogP) is 5.81. The number of methoxy groups -OCH3 is 1. The Balaban J connectivity index is 0.782. The number of anilines is 6. The first-order valence-electron chi connectivity index (χ1n) is 26.5. The number of carbonyl (C=O) groups is 6. The zero-order valence-electron chi connectivity index (χ0n) is 44.3. The van der Waals surface area contributed by atoms with Gasteiger partial charge in [0, 0.05) is 99.6 Å². The van der Waals surface area contributed by atoms with E-state index in [1.54, 1.807) is 35.5 Å². The van der Waals surface area contributed by atoms with Crippen LogP contribution >= 0.6 is 0 Å². The summed E-state index contributed by atoms with van der Waals surface area (Å²) in [7, 11) is 2.89. The van der Waals surface area contributed by atoms with Crippen molar-refractivity contribution in [2.24, 2.45) is 5.41 Å². The van der Waals surface area contributed by atoms with E-state index in [-0.39, 0.29) is 71.4 Å². The molecule has 2 aromatic carbocycles. The minimum atomic E-state index is -1.02. The number of likely N-dealkylation sites (N-methyl/N-ethyl adjacent to an activating group) is 1. The molecule has 0 saturated carbocycles. The van der Waals surface area contributed by atoms with Crippen molar-refractivity contribution in [2.75, 3.05) is 72.2 Å². The number of likely N-dealkylation sites (tertiary alicyclic amines) is 1. The van der Waals surface area contributed by atoms with E-state index in [0.717, 1.165) is 54.3 Å². The summed E-state index contributed by atoms with van der Waals surface area (Å²) in [5, 5.41) is 17.3. The third-order valence-corrected chi connectivity index (χ3v) is 16.5. The molecule has 20 nitrogen and oxygen atoms in total. The number of imide groups is 2. The summed E-state index contributed by atoms with van der Waals surface area (Å²) in [6, 6.07) is 14.1. The maximum absolute atomic E-state index is 14.1. The number of carbonyl (C=O) groups excluding carboxylic acids is 6. The Morgan fingerprint density at radius 2 is 1.70 bits per heavy atom. The second-order valence-corrected chi connectivity index (χ2v) is 21.9. The number of nitrogens with one attached hydrogen (secondary N) is 2. The third-order valence-electron chi connectivity index (χ3n) is 16.5.